The van der Waals surface area contributed by atoms with Gasteiger partial charge in [-0.3, -0.25) is 9.69 Å². The number of carbonyl (C=O) groups excluding carboxylic acids is 2. The summed E-state index contributed by atoms with van der Waals surface area (Å²) in [4.78, 5) is 31.9. The molecular weight excluding hydrogens is 364 g/mol. The molecule has 0 saturated carbocycles. The molecule has 2 heterocycles. The fraction of sp³-hybridized carbons (Fsp3) is 0.913. The standard InChI is InChI=1S/C23H44N4O2/c1-6-25(7-2)21(15-18(3)4)16-24-23(29)26-13-10-20(11-14-26)22(28)27-12-8-9-19(5)17-27/h18-21H,6-17H2,1-5H3,(H,24,29). The van der Waals surface area contributed by atoms with Crippen molar-refractivity contribution in [1.29, 1.82) is 0 Å². The van der Waals surface area contributed by atoms with Gasteiger partial charge in [0.05, 0.1) is 0 Å². The van der Waals surface area contributed by atoms with Gasteiger partial charge in [0, 0.05) is 44.7 Å². The smallest absolute Gasteiger partial charge is 0.317 e. The summed E-state index contributed by atoms with van der Waals surface area (Å²) < 4.78 is 0. The molecule has 2 saturated heterocycles. The van der Waals surface area contributed by atoms with Gasteiger partial charge >= 0.3 is 6.03 Å². The summed E-state index contributed by atoms with van der Waals surface area (Å²) in [6, 6.07) is 0.414. The van der Waals surface area contributed by atoms with Gasteiger partial charge in [-0.2, -0.15) is 0 Å². The molecule has 6 heteroatoms. The molecule has 2 aliphatic rings. The fourth-order valence-corrected chi connectivity index (χ4v) is 4.94. The van der Waals surface area contributed by atoms with Crippen LogP contribution in [0.5, 0.6) is 0 Å². The first-order chi connectivity index (χ1) is 13.8. The highest BCUT2D eigenvalue weighted by Gasteiger charge is 2.32. The van der Waals surface area contributed by atoms with E-state index in [0.29, 0.717) is 43.4 Å². The SMILES string of the molecule is CCN(CC)C(CNC(=O)N1CCC(C(=O)N2CCCC(C)C2)CC1)CC(C)C. The largest absolute Gasteiger partial charge is 0.342 e. The van der Waals surface area contributed by atoms with E-state index in [4.69, 9.17) is 0 Å². The molecule has 29 heavy (non-hydrogen) atoms. The van der Waals surface area contributed by atoms with Crippen molar-refractivity contribution in [2.45, 2.75) is 72.8 Å². The van der Waals surface area contributed by atoms with Crippen LogP contribution in [0.1, 0.15) is 66.7 Å². The Morgan fingerprint density at radius 3 is 2.24 bits per heavy atom. The third kappa shape index (κ3) is 7.16. The Morgan fingerprint density at radius 2 is 1.69 bits per heavy atom. The molecule has 2 atom stereocenters. The number of hydrogen-bond donors (Lipinski definition) is 1. The van der Waals surface area contributed by atoms with E-state index in [2.05, 4.69) is 49.7 Å². The molecular formula is C23H44N4O2. The summed E-state index contributed by atoms with van der Waals surface area (Å²) in [5.74, 6) is 1.63. The molecule has 0 radical (unpaired) electrons. The van der Waals surface area contributed by atoms with Crippen LogP contribution in [0, 0.1) is 17.8 Å². The van der Waals surface area contributed by atoms with E-state index >= 15 is 0 Å². The number of urea groups is 1. The summed E-state index contributed by atoms with van der Waals surface area (Å²) >= 11 is 0. The third-order valence-electron chi connectivity index (χ3n) is 6.66. The summed E-state index contributed by atoms with van der Waals surface area (Å²) in [5.41, 5.74) is 0. The van der Waals surface area contributed by atoms with Crippen molar-refractivity contribution in [3.63, 3.8) is 0 Å². The third-order valence-corrected chi connectivity index (χ3v) is 6.66. The Bertz CT molecular complexity index is 513. The Morgan fingerprint density at radius 1 is 1.03 bits per heavy atom. The molecule has 0 aromatic carbocycles. The first-order valence-corrected chi connectivity index (χ1v) is 11.9. The number of nitrogens with one attached hydrogen (secondary N) is 1. The zero-order valence-corrected chi connectivity index (χ0v) is 19.5. The number of amides is 3. The molecule has 6 nitrogen and oxygen atoms in total. The normalized spacial score (nSPS) is 22.2. The van der Waals surface area contributed by atoms with Gasteiger partial charge in [0.15, 0.2) is 0 Å². The second kappa shape index (κ2) is 11.8. The molecule has 2 aliphatic heterocycles. The van der Waals surface area contributed by atoms with Crippen LogP contribution >= 0.6 is 0 Å². The van der Waals surface area contributed by atoms with Crippen molar-refractivity contribution in [2.24, 2.45) is 17.8 Å². The minimum atomic E-state index is 0.0309. The van der Waals surface area contributed by atoms with Gasteiger partial charge in [0.1, 0.15) is 0 Å². The minimum absolute atomic E-state index is 0.0309. The zero-order valence-electron chi connectivity index (χ0n) is 19.5. The van der Waals surface area contributed by atoms with Crippen LogP contribution < -0.4 is 5.32 Å². The van der Waals surface area contributed by atoms with E-state index < -0.39 is 0 Å². The first-order valence-electron chi connectivity index (χ1n) is 11.9. The lowest BCUT2D eigenvalue weighted by molar-refractivity contribution is -0.138. The van der Waals surface area contributed by atoms with Crippen LogP contribution in [0.25, 0.3) is 0 Å². The van der Waals surface area contributed by atoms with Gasteiger partial charge in [-0.25, -0.2) is 4.79 Å². The lowest BCUT2D eigenvalue weighted by atomic mass is 9.93. The first kappa shape index (κ1) is 24.0. The van der Waals surface area contributed by atoms with E-state index in [1.54, 1.807) is 0 Å². The lowest BCUT2D eigenvalue weighted by Gasteiger charge is -2.37. The maximum Gasteiger partial charge on any atom is 0.317 e. The topological polar surface area (TPSA) is 55.9 Å². The van der Waals surface area contributed by atoms with Crippen molar-refractivity contribution in [1.82, 2.24) is 20.0 Å². The Balaban J connectivity index is 1.79. The van der Waals surface area contributed by atoms with E-state index in [1.807, 2.05) is 4.90 Å². The molecule has 0 aromatic heterocycles. The number of likely N-dealkylation sites (N-methyl/N-ethyl adjacent to an activating group) is 1. The summed E-state index contributed by atoms with van der Waals surface area (Å²) in [6.45, 7) is 17.0. The molecule has 2 rings (SSSR count). The molecule has 2 fully saturated rings. The highest BCUT2D eigenvalue weighted by molar-refractivity contribution is 5.80. The molecule has 1 N–H and O–H groups in total. The predicted octanol–water partition coefficient (Wildman–Crippen LogP) is 3.42. The highest BCUT2D eigenvalue weighted by Crippen LogP contribution is 2.23. The number of hydrogen-bond acceptors (Lipinski definition) is 3. The summed E-state index contributed by atoms with van der Waals surface area (Å²) in [6.07, 6.45) is 5.03. The average molecular weight is 409 g/mol. The second-order valence-corrected chi connectivity index (χ2v) is 9.48. The van der Waals surface area contributed by atoms with Crippen molar-refractivity contribution >= 4 is 11.9 Å². The minimum Gasteiger partial charge on any atom is -0.342 e. The molecule has 0 bridgehead atoms. The summed E-state index contributed by atoms with van der Waals surface area (Å²) in [5, 5.41) is 3.17. The van der Waals surface area contributed by atoms with Gasteiger partial charge < -0.3 is 15.1 Å². The Hall–Kier alpha value is -1.30. The maximum absolute atomic E-state index is 12.8. The van der Waals surface area contributed by atoms with Crippen molar-refractivity contribution in [2.75, 3.05) is 45.8 Å². The molecule has 3 amide bonds. The van der Waals surface area contributed by atoms with Crippen molar-refractivity contribution in [3.05, 3.63) is 0 Å². The lowest BCUT2D eigenvalue weighted by Crippen LogP contribution is -2.51. The number of piperidine rings is 2. The average Bonchev–Trinajstić information content (AvgIpc) is 2.71. The van der Waals surface area contributed by atoms with Gasteiger partial charge in [-0.15, -0.1) is 0 Å². The number of rotatable bonds is 8. The van der Waals surface area contributed by atoms with E-state index in [9.17, 15) is 9.59 Å². The Kier molecular flexibility index (Phi) is 9.73. The van der Waals surface area contributed by atoms with Gasteiger partial charge in [0.25, 0.3) is 0 Å². The van der Waals surface area contributed by atoms with Crippen LogP contribution in [0.3, 0.4) is 0 Å². The van der Waals surface area contributed by atoms with Gasteiger partial charge in [0.2, 0.25) is 5.91 Å². The van der Waals surface area contributed by atoms with E-state index in [-0.39, 0.29) is 11.9 Å². The highest BCUT2D eigenvalue weighted by atomic mass is 16.2. The maximum atomic E-state index is 12.8. The Labute approximate surface area is 178 Å². The second-order valence-electron chi connectivity index (χ2n) is 9.48. The van der Waals surface area contributed by atoms with Crippen molar-refractivity contribution < 1.29 is 9.59 Å². The summed E-state index contributed by atoms with van der Waals surface area (Å²) in [7, 11) is 0. The molecule has 0 aliphatic carbocycles. The quantitative estimate of drug-likeness (QED) is 0.669. The monoisotopic (exact) mass is 408 g/mol. The fourth-order valence-electron chi connectivity index (χ4n) is 4.94. The van der Waals surface area contributed by atoms with Crippen LogP contribution in [-0.2, 0) is 4.79 Å². The van der Waals surface area contributed by atoms with Gasteiger partial charge in [-0.1, -0.05) is 34.6 Å². The molecule has 2 unspecified atom stereocenters. The number of nitrogens with zero attached hydrogens (tertiary/aromatic N) is 3. The zero-order chi connectivity index (χ0) is 21.4. The number of likely N-dealkylation sites (tertiary alicyclic amines) is 2. The number of carbonyl (C=O) groups is 2. The van der Waals surface area contributed by atoms with Crippen LogP contribution in [0.4, 0.5) is 4.79 Å². The van der Waals surface area contributed by atoms with Crippen LogP contribution in [0.15, 0.2) is 0 Å². The predicted molar refractivity (Wildman–Crippen MR) is 119 cm³/mol. The van der Waals surface area contributed by atoms with Crippen LogP contribution in [-0.4, -0.2) is 78.5 Å². The van der Waals surface area contributed by atoms with E-state index in [0.717, 1.165) is 51.9 Å². The molecule has 168 valence electrons. The molecule has 0 aromatic rings. The molecule has 0 spiro atoms. The van der Waals surface area contributed by atoms with Crippen molar-refractivity contribution in [3.8, 4) is 0 Å². The van der Waals surface area contributed by atoms with Gasteiger partial charge in [-0.05, 0) is 57.0 Å². The van der Waals surface area contributed by atoms with E-state index in [1.165, 1.54) is 6.42 Å². The van der Waals surface area contributed by atoms with Crippen LogP contribution in [0.2, 0.25) is 0 Å².